The Morgan fingerprint density at radius 1 is 1.15 bits per heavy atom. The number of benzene rings is 2. The minimum atomic E-state index is -0.459. The Balaban J connectivity index is 2.28. The minimum Gasteiger partial charge on any atom is -0.378 e. The monoisotopic (exact) mass is 423 g/mol. The van der Waals surface area contributed by atoms with Gasteiger partial charge >= 0.3 is 0 Å². The van der Waals surface area contributed by atoms with Crippen LogP contribution in [0.15, 0.2) is 30.3 Å². The van der Waals surface area contributed by atoms with E-state index in [4.69, 9.17) is 23.2 Å². The molecule has 0 aliphatic heterocycles. The van der Waals surface area contributed by atoms with Crippen LogP contribution in [0.3, 0.4) is 0 Å². The van der Waals surface area contributed by atoms with E-state index in [1.54, 1.807) is 0 Å². The fraction of sp³-hybridized carbons (Fsp3) is 0.200. The third-order valence-electron chi connectivity index (χ3n) is 3.07. The van der Waals surface area contributed by atoms with Gasteiger partial charge < -0.3 is 5.32 Å². The van der Waals surface area contributed by atoms with Gasteiger partial charge in [-0.1, -0.05) is 23.2 Å². The van der Waals surface area contributed by atoms with E-state index < -0.39 is 5.82 Å². The fourth-order valence-corrected chi connectivity index (χ4v) is 3.16. The van der Waals surface area contributed by atoms with Gasteiger partial charge in [-0.25, -0.2) is 4.39 Å². The standard InChI is InChI=1S/C15H13Cl2FIN/c1-8-5-10(19)3-4-15(8)20-9(2)11-6-14(18)13(17)7-12(11)16/h3-7,9,20H,1-2H3. The first-order chi connectivity index (χ1) is 9.38. The van der Waals surface area contributed by atoms with E-state index in [1.165, 1.54) is 15.7 Å². The molecule has 0 bridgehead atoms. The summed E-state index contributed by atoms with van der Waals surface area (Å²) in [4.78, 5) is 0. The van der Waals surface area contributed by atoms with Crippen molar-refractivity contribution in [2.45, 2.75) is 19.9 Å². The van der Waals surface area contributed by atoms with Crippen molar-refractivity contribution in [3.63, 3.8) is 0 Å². The number of rotatable bonds is 3. The Bertz CT molecular complexity index is 646. The van der Waals surface area contributed by atoms with E-state index in [0.29, 0.717) is 10.6 Å². The summed E-state index contributed by atoms with van der Waals surface area (Å²) in [7, 11) is 0. The zero-order valence-electron chi connectivity index (χ0n) is 11.0. The Morgan fingerprint density at radius 3 is 2.50 bits per heavy atom. The SMILES string of the molecule is Cc1cc(I)ccc1NC(C)c1cc(F)c(Cl)cc1Cl. The highest BCUT2D eigenvalue weighted by Crippen LogP contribution is 2.31. The van der Waals surface area contributed by atoms with Crippen LogP contribution in [0.25, 0.3) is 0 Å². The number of aryl methyl sites for hydroxylation is 1. The molecule has 0 saturated heterocycles. The van der Waals surface area contributed by atoms with E-state index in [2.05, 4.69) is 34.0 Å². The summed E-state index contributed by atoms with van der Waals surface area (Å²) in [5, 5.41) is 3.84. The molecule has 5 heteroatoms. The molecule has 2 rings (SSSR count). The molecular formula is C15H13Cl2FIN. The highest BCUT2D eigenvalue weighted by molar-refractivity contribution is 14.1. The summed E-state index contributed by atoms with van der Waals surface area (Å²) in [6.45, 7) is 3.97. The second-order valence-electron chi connectivity index (χ2n) is 4.61. The van der Waals surface area contributed by atoms with Crippen LogP contribution in [0.4, 0.5) is 10.1 Å². The van der Waals surface area contributed by atoms with Gasteiger partial charge in [-0.2, -0.15) is 0 Å². The van der Waals surface area contributed by atoms with Crippen molar-refractivity contribution in [3.05, 3.63) is 60.9 Å². The van der Waals surface area contributed by atoms with Crippen LogP contribution >= 0.6 is 45.8 Å². The first kappa shape index (κ1) is 15.9. The van der Waals surface area contributed by atoms with Gasteiger partial charge in [0.2, 0.25) is 0 Å². The minimum absolute atomic E-state index is 0.0383. The van der Waals surface area contributed by atoms with Gasteiger partial charge in [-0.3, -0.25) is 0 Å². The van der Waals surface area contributed by atoms with Crippen molar-refractivity contribution in [2.24, 2.45) is 0 Å². The molecule has 0 spiro atoms. The maximum Gasteiger partial charge on any atom is 0.142 e. The largest absolute Gasteiger partial charge is 0.378 e. The molecule has 1 nitrogen and oxygen atoms in total. The van der Waals surface area contributed by atoms with Gasteiger partial charge in [0.15, 0.2) is 0 Å². The fourth-order valence-electron chi connectivity index (χ4n) is 1.97. The molecule has 0 aromatic heterocycles. The third-order valence-corrected chi connectivity index (χ3v) is 4.35. The molecule has 0 fully saturated rings. The maximum absolute atomic E-state index is 13.6. The van der Waals surface area contributed by atoms with E-state index in [-0.39, 0.29) is 11.1 Å². The molecule has 1 N–H and O–H groups in total. The average Bonchev–Trinajstić information content (AvgIpc) is 2.37. The zero-order valence-corrected chi connectivity index (χ0v) is 14.6. The molecular weight excluding hydrogens is 411 g/mol. The molecule has 1 unspecified atom stereocenters. The lowest BCUT2D eigenvalue weighted by atomic mass is 10.1. The van der Waals surface area contributed by atoms with Gasteiger partial charge in [0.05, 0.1) is 11.1 Å². The van der Waals surface area contributed by atoms with Gasteiger partial charge in [0.1, 0.15) is 5.82 Å². The van der Waals surface area contributed by atoms with Crippen LogP contribution in [-0.4, -0.2) is 0 Å². The van der Waals surface area contributed by atoms with Crippen molar-refractivity contribution in [1.82, 2.24) is 0 Å². The second-order valence-corrected chi connectivity index (χ2v) is 6.67. The Kier molecular flexibility index (Phi) is 5.15. The molecule has 0 amide bonds. The molecule has 0 heterocycles. The second kappa shape index (κ2) is 6.50. The normalized spacial score (nSPS) is 12.3. The molecule has 106 valence electrons. The molecule has 20 heavy (non-hydrogen) atoms. The van der Waals surface area contributed by atoms with Crippen LogP contribution in [0, 0.1) is 16.3 Å². The summed E-state index contributed by atoms with van der Waals surface area (Å²) in [5.41, 5.74) is 2.82. The number of halogens is 4. The molecule has 0 aliphatic rings. The Labute approximate surface area is 141 Å². The number of hydrogen-bond acceptors (Lipinski definition) is 1. The smallest absolute Gasteiger partial charge is 0.142 e. The molecule has 2 aromatic rings. The van der Waals surface area contributed by atoms with Crippen LogP contribution in [0.2, 0.25) is 10.0 Å². The molecule has 2 aromatic carbocycles. The van der Waals surface area contributed by atoms with E-state index >= 15 is 0 Å². The van der Waals surface area contributed by atoms with Crippen LogP contribution in [0.5, 0.6) is 0 Å². The first-order valence-corrected chi connectivity index (χ1v) is 7.89. The van der Waals surface area contributed by atoms with Gasteiger partial charge in [0, 0.05) is 14.3 Å². The summed E-state index contributed by atoms with van der Waals surface area (Å²) in [6, 6.07) is 8.81. The van der Waals surface area contributed by atoms with Crippen LogP contribution in [-0.2, 0) is 0 Å². The average molecular weight is 424 g/mol. The lowest BCUT2D eigenvalue weighted by Crippen LogP contribution is -2.09. The molecule has 0 saturated carbocycles. The predicted octanol–water partition coefficient (Wildman–Crippen LogP) is 6.22. The number of nitrogens with one attached hydrogen (secondary N) is 1. The quantitative estimate of drug-likeness (QED) is 0.456. The van der Waals surface area contributed by atoms with Crippen molar-refractivity contribution >= 4 is 51.5 Å². The molecule has 0 aliphatic carbocycles. The Hall–Kier alpha value is -0.520. The highest BCUT2D eigenvalue weighted by Gasteiger charge is 2.14. The van der Waals surface area contributed by atoms with Crippen LogP contribution < -0.4 is 5.32 Å². The van der Waals surface area contributed by atoms with Gasteiger partial charge in [-0.05, 0) is 77.9 Å². The van der Waals surface area contributed by atoms with Crippen molar-refractivity contribution < 1.29 is 4.39 Å². The highest BCUT2D eigenvalue weighted by atomic mass is 127. The third kappa shape index (κ3) is 3.57. The Morgan fingerprint density at radius 2 is 1.85 bits per heavy atom. The van der Waals surface area contributed by atoms with Gasteiger partial charge in [0.25, 0.3) is 0 Å². The maximum atomic E-state index is 13.6. The predicted molar refractivity (Wildman–Crippen MR) is 92.4 cm³/mol. The van der Waals surface area contributed by atoms with E-state index in [0.717, 1.165) is 11.3 Å². The number of hydrogen-bond donors (Lipinski definition) is 1. The van der Waals surface area contributed by atoms with Crippen LogP contribution in [0.1, 0.15) is 24.1 Å². The lowest BCUT2D eigenvalue weighted by molar-refractivity contribution is 0.624. The molecule has 0 radical (unpaired) electrons. The van der Waals surface area contributed by atoms with E-state index in [1.807, 2.05) is 26.0 Å². The summed E-state index contributed by atoms with van der Waals surface area (Å²) >= 11 is 14.1. The zero-order chi connectivity index (χ0) is 14.9. The topological polar surface area (TPSA) is 12.0 Å². The van der Waals surface area contributed by atoms with Crippen molar-refractivity contribution in [1.29, 1.82) is 0 Å². The van der Waals surface area contributed by atoms with E-state index in [9.17, 15) is 4.39 Å². The lowest BCUT2D eigenvalue weighted by Gasteiger charge is -2.19. The first-order valence-electron chi connectivity index (χ1n) is 6.05. The molecule has 1 atom stereocenters. The van der Waals surface area contributed by atoms with Crippen molar-refractivity contribution in [3.8, 4) is 0 Å². The van der Waals surface area contributed by atoms with Gasteiger partial charge in [-0.15, -0.1) is 0 Å². The number of anilines is 1. The summed E-state index contributed by atoms with van der Waals surface area (Å²) in [6.07, 6.45) is 0. The van der Waals surface area contributed by atoms with Crippen molar-refractivity contribution in [2.75, 3.05) is 5.32 Å². The summed E-state index contributed by atoms with van der Waals surface area (Å²) in [5.74, 6) is -0.459. The summed E-state index contributed by atoms with van der Waals surface area (Å²) < 4.78 is 14.7.